The third-order valence-corrected chi connectivity index (χ3v) is 2.82. The maximum absolute atomic E-state index is 14.0. The summed E-state index contributed by atoms with van der Waals surface area (Å²) in [5, 5.41) is 8.52. The third kappa shape index (κ3) is 3.85. The summed E-state index contributed by atoms with van der Waals surface area (Å²) in [6.07, 6.45) is 5.29. The number of benzene rings is 1. The Morgan fingerprint density at radius 2 is 2.24 bits per heavy atom. The average molecular weight is 288 g/mol. The summed E-state index contributed by atoms with van der Waals surface area (Å²) in [5.74, 6) is -1.60. The van der Waals surface area contributed by atoms with E-state index < -0.39 is 17.5 Å². The van der Waals surface area contributed by atoms with Gasteiger partial charge in [0.15, 0.2) is 0 Å². The van der Waals surface area contributed by atoms with Gasteiger partial charge in [0, 0.05) is 24.0 Å². The van der Waals surface area contributed by atoms with E-state index in [0.717, 1.165) is 11.6 Å². The second-order valence-corrected chi connectivity index (χ2v) is 4.56. The molecular weight excluding hydrogens is 275 g/mol. The van der Waals surface area contributed by atoms with Crippen molar-refractivity contribution in [3.63, 3.8) is 0 Å². The zero-order chi connectivity index (χ0) is 15.4. The molecule has 0 amide bonds. The van der Waals surface area contributed by atoms with Crippen molar-refractivity contribution in [3.05, 3.63) is 69.7 Å². The van der Waals surface area contributed by atoms with Crippen LogP contribution in [0.3, 0.4) is 0 Å². The first-order chi connectivity index (χ1) is 9.95. The molecule has 0 aliphatic rings. The van der Waals surface area contributed by atoms with Crippen LogP contribution in [0.15, 0.2) is 41.5 Å². The molecule has 2 rings (SSSR count). The van der Waals surface area contributed by atoms with Gasteiger partial charge >= 0.3 is 11.7 Å². The predicted octanol–water partition coefficient (Wildman–Crippen LogP) is 1.84. The first-order valence-electron chi connectivity index (χ1n) is 6.18. The molecule has 2 aromatic rings. The van der Waals surface area contributed by atoms with Crippen LogP contribution in [0.2, 0.25) is 0 Å². The molecule has 0 bridgehead atoms. The lowest BCUT2D eigenvalue weighted by molar-refractivity contribution is -0.131. The average Bonchev–Trinajstić information content (AvgIpc) is 2.43. The zero-order valence-corrected chi connectivity index (χ0v) is 11.3. The highest BCUT2D eigenvalue weighted by molar-refractivity contribution is 5.85. The molecule has 0 saturated carbocycles. The maximum atomic E-state index is 14.0. The summed E-state index contributed by atoms with van der Waals surface area (Å²) in [6.45, 7) is 1.86. The quantitative estimate of drug-likeness (QED) is 0.871. The van der Waals surface area contributed by atoms with Crippen LogP contribution in [-0.2, 0) is 11.3 Å². The van der Waals surface area contributed by atoms with Gasteiger partial charge in [0.05, 0.1) is 6.54 Å². The summed E-state index contributed by atoms with van der Waals surface area (Å²) in [5.41, 5.74) is 1.12. The fraction of sp³-hybridized carbons (Fsp3) is 0.133. The highest BCUT2D eigenvalue weighted by Crippen LogP contribution is 2.13. The Balaban J connectivity index is 2.27. The van der Waals surface area contributed by atoms with Gasteiger partial charge in [-0.15, -0.1) is 0 Å². The van der Waals surface area contributed by atoms with E-state index >= 15 is 0 Å². The lowest BCUT2D eigenvalue weighted by atomic mass is 10.1. The van der Waals surface area contributed by atoms with E-state index in [0.29, 0.717) is 11.1 Å². The summed E-state index contributed by atoms with van der Waals surface area (Å²) >= 11 is 0. The Morgan fingerprint density at radius 1 is 1.48 bits per heavy atom. The zero-order valence-electron chi connectivity index (χ0n) is 11.3. The number of aliphatic carboxylic acids is 1. The molecule has 1 aromatic carbocycles. The van der Waals surface area contributed by atoms with Crippen molar-refractivity contribution in [1.29, 1.82) is 0 Å². The normalized spacial score (nSPS) is 11.0. The minimum Gasteiger partial charge on any atom is -0.478 e. The van der Waals surface area contributed by atoms with Gasteiger partial charge in [0.25, 0.3) is 0 Å². The summed E-state index contributed by atoms with van der Waals surface area (Å²) in [4.78, 5) is 25.7. The minimum atomic E-state index is -1.10. The van der Waals surface area contributed by atoms with Crippen LogP contribution in [0.5, 0.6) is 0 Å². The monoisotopic (exact) mass is 288 g/mol. The Morgan fingerprint density at radius 3 is 2.90 bits per heavy atom. The number of carboxylic acids is 1. The Kier molecular flexibility index (Phi) is 4.27. The Labute approximate surface area is 120 Å². The number of carbonyl (C=O) groups is 1. The molecule has 0 unspecified atom stereocenters. The van der Waals surface area contributed by atoms with E-state index in [2.05, 4.69) is 4.98 Å². The van der Waals surface area contributed by atoms with E-state index in [1.807, 2.05) is 0 Å². The first kappa shape index (κ1) is 14.6. The van der Waals surface area contributed by atoms with Crippen LogP contribution >= 0.6 is 0 Å². The van der Waals surface area contributed by atoms with Gasteiger partial charge in [0.1, 0.15) is 5.82 Å². The molecule has 0 saturated heterocycles. The van der Waals surface area contributed by atoms with Crippen molar-refractivity contribution in [1.82, 2.24) is 9.55 Å². The van der Waals surface area contributed by atoms with Crippen molar-refractivity contribution in [2.45, 2.75) is 13.5 Å². The number of nitrogens with zero attached hydrogens (tertiary/aromatic N) is 2. The second kappa shape index (κ2) is 6.13. The molecule has 108 valence electrons. The summed E-state index contributed by atoms with van der Waals surface area (Å²) in [7, 11) is 0. The minimum absolute atomic E-state index is 0.0717. The highest BCUT2D eigenvalue weighted by atomic mass is 19.1. The topological polar surface area (TPSA) is 72.2 Å². The fourth-order valence-corrected chi connectivity index (χ4v) is 1.83. The summed E-state index contributed by atoms with van der Waals surface area (Å²) in [6, 6.07) is 4.33. The number of hydrogen-bond donors (Lipinski definition) is 1. The molecule has 0 aliphatic heterocycles. The van der Waals surface area contributed by atoms with Gasteiger partial charge in [0.2, 0.25) is 0 Å². The number of aryl methyl sites for hydroxylation is 1. The van der Waals surface area contributed by atoms with Gasteiger partial charge in [-0.3, -0.25) is 4.57 Å². The van der Waals surface area contributed by atoms with Crippen molar-refractivity contribution in [3.8, 4) is 0 Å². The van der Waals surface area contributed by atoms with Gasteiger partial charge in [-0.1, -0.05) is 12.1 Å². The van der Waals surface area contributed by atoms with E-state index in [4.69, 9.17) is 5.11 Å². The molecule has 1 heterocycles. The lowest BCUT2D eigenvalue weighted by Crippen LogP contribution is -2.23. The largest absolute Gasteiger partial charge is 0.478 e. The van der Waals surface area contributed by atoms with Crippen LogP contribution < -0.4 is 5.69 Å². The van der Waals surface area contributed by atoms with E-state index in [1.165, 1.54) is 29.0 Å². The van der Waals surface area contributed by atoms with Gasteiger partial charge in [-0.2, -0.15) is 0 Å². The number of halogens is 1. The van der Waals surface area contributed by atoms with Gasteiger partial charge < -0.3 is 5.11 Å². The Bertz CT molecular complexity index is 766. The first-order valence-corrected chi connectivity index (χ1v) is 6.18. The predicted molar refractivity (Wildman–Crippen MR) is 75.4 cm³/mol. The maximum Gasteiger partial charge on any atom is 0.347 e. The molecule has 21 heavy (non-hydrogen) atoms. The van der Waals surface area contributed by atoms with Crippen molar-refractivity contribution >= 4 is 12.0 Å². The number of carboxylic acid groups (broad SMARTS) is 1. The number of rotatable bonds is 4. The highest BCUT2D eigenvalue weighted by Gasteiger charge is 2.06. The van der Waals surface area contributed by atoms with Crippen LogP contribution in [-0.4, -0.2) is 20.6 Å². The molecule has 6 heteroatoms. The van der Waals surface area contributed by atoms with Crippen molar-refractivity contribution in [2.75, 3.05) is 0 Å². The summed E-state index contributed by atoms with van der Waals surface area (Å²) < 4.78 is 15.3. The second-order valence-electron chi connectivity index (χ2n) is 4.56. The van der Waals surface area contributed by atoms with Crippen molar-refractivity contribution in [2.24, 2.45) is 0 Å². The molecule has 0 radical (unpaired) electrons. The van der Waals surface area contributed by atoms with Crippen LogP contribution in [0, 0.1) is 12.7 Å². The SMILES string of the molecule is Cc1cnc(=O)n(Cc2ccc(C=CC(=O)O)cc2F)c1. The lowest BCUT2D eigenvalue weighted by Gasteiger charge is -2.07. The molecule has 0 fully saturated rings. The molecule has 1 aromatic heterocycles. The molecule has 0 spiro atoms. The molecule has 0 aliphatic carbocycles. The number of hydrogen-bond acceptors (Lipinski definition) is 3. The smallest absolute Gasteiger partial charge is 0.347 e. The van der Waals surface area contributed by atoms with E-state index in [1.54, 1.807) is 19.2 Å². The molecular formula is C15H13FN2O3. The van der Waals surface area contributed by atoms with E-state index in [9.17, 15) is 14.0 Å². The van der Waals surface area contributed by atoms with E-state index in [-0.39, 0.29) is 6.54 Å². The van der Waals surface area contributed by atoms with Gasteiger partial charge in [-0.05, 0) is 30.2 Å². The molecule has 5 nitrogen and oxygen atoms in total. The van der Waals surface area contributed by atoms with Gasteiger partial charge in [-0.25, -0.2) is 19.0 Å². The van der Waals surface area contributed by atoms with Crippen LogP contribution in [0.25, 0.3) is 6.08 Å². The standard InChI is InChI=1S/C15H13FN2O3/c1-10-7-17-15(21)18(8-10)9-12-4-2-11(6-13(12)16)3-5-14(19)20/h2-8H,9H2,1H3,(H,19,20). The van der Waals surface area contributed by atoms with Crippen LogP contribution in [0.1, 0.15) is 16.7 Å². The molecule has 1 N–H and O–H groups in total. The third-order valence-electron chi connectivity index (χ3n) is 2.82. The number of aromatic nitrogens is 2. The van der Waals surface area contributed by atoms with Crippen LogP contribution in [0.4, 0.5) is 4.39 Å². The van der Waals surface area contributed by atoms with Crippen molar-refractivity contribution < 1.29 is 14.3 Å². The Hall–Kier alpha value is -2.76. The fourth-order valence-electron chi connectivity index (χ4n) is 1.83. The molecule has 0 atom stereocenters.